The zero-order valence-corrected chi connectivity index (χ0v) is 10.4. The smallest absolute Gasteiger partial charge is 0.127 e. The fourth-order valence-corrected chi connectivity index (χ4v) is 1.58. The molecule has 0 atom stereocenters. The predicted octanol–water partition coefficient (Wildman–Crippen LogP) is -0.616. The normalized spacial score (nSPS) is 9.94. The second-order valence-electron chi connectivity index (χ2n) is 3.89. The number of halogens is 1. The first-order valence-electron chi connectivity index (χ1n) is 4.97. The number of nitrogens with zero attached hydrogens (tertiary/aromatic N) is 2. The topological polar surface area (TPSA) is 43.8 Å². The van der Waals surface area contributed by atoms with Gasteiger partial charge in [-0.2, -0.15) is 5.10 Å². The Balaban J connectivity index is 0.00000128. The summed E-state index contributed by atoms with van der Waals surface area (Å²) in [6, 6.07) is 8.08. The molecule has 0 aliphatic rings. The van der Waals surface area contributed by atoms with E-state index in [1.54, 1.807) is 4.68 Å². The molecule has 0 spiro atoms. The Kier molecular flexibility index (Phi) is 3.60. The Morgan fingerprint density at radius 1 is 1.06 bits per heavy atom. The first-order valence-corrected chi connectivity index (χ1v) is 4.97. The first kappa shape index (κ1) is 12.6. The average Bonchev–Trinajstić information content (AvgIpc) is 2.50. The maximum Gasteiger partial charge on any atom is 0.127 e. The third kappa shape index (κ3) is 2.19. The van der Waals surface area contributed by atoms with Crippen LogP contribution in [-0.2, 0) is 0 Å². The minimum atomic E-state index is 0. The summed E-state index contributed by atoms with van der Waals surface area (Å²) in [6.45, 7) is 6.12. The highest BCUT2D eigenvalue weighted by Crippen LogP contribution is 2.17. The van der Waals surface area contributed by atoms with Crippen LogP contribution in [0.15, 0.2) is 24.3 Å². The summed E-state index contributed by atoms with van der Waals surface area (Å²) >= 11 is 0. The average molecular weight is 237 g/mol. The molecule has 1 heterocycles. The highest BCUT2D eigenvalue weighted by Gasteiger charge is 2.04. The van der Waals surface area contributed by atoms with Crippen LogP contribution in [0.4, 0.5) is 5.82 Å². The molecule has 0 unspecified atom stereocenters. The van der Waals surface area contributed by atoms with Crippen LogP contribution in [0.2, 0.25) is 0 Å². The van der Waals surface area contributed by atoms with Crippen LogP contribution < -0.4 is 18.1 Å². The Morgan fingerprint density at radius 3 is 2.25 bits per heavy atom. The van der Waals surface area contributed by atoms with Crippen molar-refractivity contribution in [2.75, 3.05) is 5.73 Å². The summed E-state index contributed by atoms with van der Waals surface area (Å²) in [6.07, 6.45) is 0. The molecule has 0 bridgehead atoms. The second-order valence-corrected chi connectivity index (χ2v) is 3.89. The molecular weight excluding hydrogens is 222 g/mol. The predicted molar refractivity (Wildman–Crippen MR) is 62.2 cm³/mol. The van der Waals surface area contributed by atoms with Crippen LogP contribution in [0.1, 0.15) is 16.8 Å². The lowest BCUT2D eigenvalue weighted by atomic mass is 10.1. The molecule has 4 heteroatoms. The quantitative estimate of drug-likeness (QED) is 0.718. The van der Waals surface area contributed by atoms with Gasteiger partial charge in [-0.25, -0.2) is 4.68 Å². The van der Waals surface area contributed by atoms with Crippen LogP contribution in [0, 0.1) is 20.8 Å². The van der Waals surface area contributed by atoms with E-state index >= 15 is 0 Å². The molecule has 0 fully saturated rings. The summed E-state index contributed by atoms with van der Waals surface area (Å²) < 4.78 is 1.77. The van der Waals surface area contributed by atoms with Gasteiger partial charge in [-0.05, 0) is 44.0 Å². The molecule has 0 aliphatic carbocycles. The highest BCUT2D eigenvalue weighted by atomic mass is 35.5. The van der Waals surface area contributed by atoms with Crippen molar-refractivity contribution in [1.82, 2.24) is 9.78 Å². The second kappa shape index (κ2) is 4.58. The van der Waals surface area contributed by atoms with Crippen LogP contribution >= 0.6 is 0 Å². The van der Waals surface area contributed by atoms with Crippen LogP contribution in [-0.4, -0.2) is 9.78 Å². The van der Waals surface area contributed by atoms with Gasteiger partial charge in [0, 0.05) is 6.07 Å². The number of rotatable bonds is 1. The fourth-order valence-electron chi connectivity index (χ4n) is 1.58. The molecule has 2 aromatic rings. The Bertz CT molecular complexity index is 503. The largest absolute Gasteiger partial charge is 1.00 e. The van der Waals surface area contributed by atoms with Crippen molar-refractivity contribution in [2.24, 2.45) is 0 Å². The van der Waals surface area contributed by atoms with Gasteiger partial charge in [-0.15, -0.1) is 0 Å². The summed E-state index contributed by atoms with van der Waals surface area (Å²) in [5.74, 6) is 0.677. The minimum Gasteiger partial charge on any atom is -1.00 e. The lowest BCUT2D eigenvalue weighted by molar-refractivity contribution is -0.00000341. The van der Waals surface area contributed by atoms with Crippen LogP contribution in [0.25, 0.3) is 5.69 Å². The lowest BCUT2D eigenvalue weighted by Gasteiger charge is -2.06. The van der Waals surface area contributed by atoms with E-state index < -0.39 is 0 Å². The summed E-state index contributed by atoms with van der Waals surface area (Å²) in [4.78, 5) is 0. The van der Waals surface area contributed by atoms with E-state index in [0.717, 1.165) is 11.4 Å². The van der Waals surface area contributed by atoms with E-state index in [9.17, 15) is 0 Å². The first-order chi connectivity index (χ1) is 7.08. The molecule has 0 amide bonds. The third-order valence-corrected chi connectivity index (χ3v) is 2.59. The number of nitrogens with two attached hydrogens (primary N) is 1. The van der Waals surface area contributed by atoms with Gasteiger partial charge in [0.05, 0.1) is 11.4 Å². The van der Waals surface area contributed by atoms with Gasteiger partial charge < -0.3 is 18.1 Å². The molecule has 2 N–H and O–H groups in total. The zero-order valence-electron chi connectivity index (χ0n) is 9.66. The molecule has 86 valence electrons. The van der Waals surface area contributed by atoms with Gasteiger partial charge in [0.15, 0.2) is 0 Å². The number of aryl methyl sites for hydroxylation is 3. The Morgan fingerprint density at radius 2 is 1.75 bits per heavy atom. The van der Waals surface area contributed by atoms with Gasteiger partial charge >= 0.3 is 0 Å². The van der Waals surface area contributed by atoms with Crippen molar-refractivity contribution in [3.8, 4) is 5.69 Å². The van der Waals surface area contributed by atoms with Gasteiger partial charge in [-0.3, -0.25) is 0 Å². The summed E-state index contributed by atoms with van der Waals surface area (Å²) in [7, 11) is 0. The van der Waals surface area contributed by atoms with Gasteiger partial charge in [0.25, 0.3) is 0 Å². The molecule has 3 nitrogen and oxygen atoms in total. The van der Waals surface area contributed by atoms with Crippen molar-refractivity contribution in [3.63, 3.8) is 0 Å². The monoisotopic (exact) mass is 236 g/mol. The molecule has 1 aromatic carbocycles. The molecule has 0 aliphatic heterocycles. The highest BCUT2D eigenvalue weighted by molar-refractivity contribution is 5.45. The molecule has 2 rings (SSSR count). The van der Waals surface area contributed by atoms with Crippen molar-refractivity contribution in [3.05, 3.63) is 41.1 Å². The van der Waals surface area contributed by atoms with E-state index in [4.69, 9.17) is 5.73 Å². The van der Waals surface area contributed by atoms with Crippen molar-refractivity contribution in [2.45, 2.75) is 20.8 Å². The number of hydrogen-bond acceptors (Lipinski definition) is 2. The van der Waals surface area contributed by atoms with Gasteiger partial charge in [0.1, 0.15) is 5.82 Å². The standard InChI is InChI=1S/C12H15N3.ClH/c1-8-4-5-11(6-9(8)2)15-12(13)7-10(3)14-15;/h4-7H,13H2,1-3H3;1H/p-1. The van der Waals surface area contributed by atoms with E-state index in [2.05, 4.69) is 31.1 Å². The van der Waals surface area contributed by atoms with Gasteiger partial charge in [0.2, 0.25) is 0 Å². The Hall–Kier alpha value is -1.48. The SMILES string of the molecule is Cc1cc(N)n(-c2ccc(C)c(C)c2)n1.[Cl-]. The Labute approximate surface area is 102 Å². The maximum absolute atomic E-state index is 5.86. The number of aromatic nitrogens is 2. The molecule has 0 radical (unpaired) electrons. The fraction of sp³-hybridized carbons (Fsp3) is 0.250. The number of hydrogen-bond donors (Lipinski definition) is 1. The molecule has 0 saturated carbocycles. The number of nitrogen functional groups attached to an aromatic ring is 1. The van der Waals surface area contributed by atoms with Crippen LogP contribution in [0.3, 0.4) is 0 Å². The summed E-state index contributed by atoms with van der Waals surface area (Å²) in [5, 5.41) is 4.34. The number of anilines is 1. The van der Waals surface area contributed by atoms with Gasteiger partial charge in [-0.1, -0.05) is 6.07 Å². The van der Waals surface area contributed by atoms with E-state index in [0.29, 0.717) is 5.82 Å². The van der Waals surface area contributed by atoms with E-state index in [-0.39, 0.29) is 12.4 Å². The zero-order chi connectivity index (χ0) is 11.0. The molecular formula is C12H15ClN3-. The maximum atomic E-state index is 5.86. The number of benzene rings is 1. The molecule has 0 saturated heterocycles. The summed E-state index contributed by atoms with van der Waals surface area (Å²) in [5.41, 5.74) is 10.3. The lowest BCUT2D eigenvalue weighted by Crippen LogP contribution is -3.00. The van der Waals surface area contributed by atoms with Crippen LogP contribution in [0.5, 0.6) is 0 Å². The minimum absolute atomic E-state index is 0. The van der Waals surface area contributed by atoms with E-state index in [1.165, 1.54) is 11.1 Å². The van der Waals surface area contributed by atoms with Crippen molar-refractivity contribution < 1.29 is 12.4 Å². The van der Waals surface area contributed by atoms with Crippen molar-refractivity contribution >= 4 is 5.82 Å². The molecule has 1 aromatic heterocycles. The van der Waals surface area contributed by atoms with Crippen molar-refractivity contribution in [1.29, 1.82) is 0 Å². The molecule has 16 heavy (non-hydrogen) atoms. The third-order valence-electron chi connectivity index (χ3n) is 2.59. The van der Waals surface area contributed by atoms with E-state index in [1.807, 2.05) is 19.1 Å².